The highest BCUT2D eigenvalue weighted by molar-refractivity contribution is 7.71. The van der Waals surface area contributed by atoms with Gasteiger partial charge < -0.3 is 19.6 Å². The van der Waals surface area contributed by atoms with E-state index in [1.165, 1.54) is 0 Å². The lowest BCUT2D eigenvalue weighted by atomic mass is 9.86. The normalized spacial score (nSPS) is 14.8. The first kappa shape index (κ1) is 36.0. The molecule has 24 heteroatoms. The molecule has 242 valence electrons. The van der Waals surface area contributed by atoms with Gasteiger partial charge >= 0.3 is 42.2 Å². The SMILES string of the molecule is CN(c1ccc(O/C(=C(/C(F)(F)F)C(F)(C(F)(F)F)C(F)(F)F)C(F)(C(F)(F)F)C(F)(F)F)cc1)c1nc(=S)[nH]c(=S)[nH]1. The lowest BCUT2D eigenvalue weighted by molar-refractivity contribution is -0.349. The summed E-state index contributed by atoms with van der Waals surface area (Å²) in [5.74, 6) is -6.84. The third kappa shape index (κ3) is 6.67. The molecular formula is C19H9F17N4OS2. The lowest BCUT2D eigenvalue weighted by Gasteiger charge is -2.38. The summed E-state index contributed by atoms with van der Waals surface area (Å²) < 4.78 is 233. The quantitative estimate of drug-likeness (QED) is 0.180. The maximum absolute atomic E-state index is 14.9. The van der Waals surface area contributed by atoms with E-state index >= 15 is 0 Å². The van der Waals surface area contributed by atoms with Gasteiger partial charge in [0.05, 0.1) is 0 Å². The van der Waals surface area contributed by atoms with Crippen molar-refractivity contribution in [3.8, 4) is 5.75 Å². The number of H-pyrrole nitrogens is 2. The summed E-state index contributed by atoms with van der Waals surface area (Å²) in [6, 6.07) is 1.31. The van der Waals surface area contributed by atoms with Crippen molar-refractivity contribution in [3.63, 3.8) is 0 Å². The number of nitrogens with one attached hydrogen (secondary N) is 2. The minimum Gasteiger partial charge on any atom is -0.457 e. The predicted octanol–water partition coefficient (Wildman–Crippen LogP) is 8.83. The molecule has 2 rings (SSSR count). The topological polar surface area (TPSA) is 56.9 Å². The van der Waals surface area contributed by atoms with Crippen LogP contribution in [0.1, 0.15) is 0 Å². The average molecular weight is 696 g/mol. The number of ether oxygens (including phenoxy) is 1. The number of allylic oxidation sites excluding steroid dienone is 2. The number of halogens is 17. The fourth-order valence-electron chi connectivity index (χ4n) is 3.16. The highest BCUT2D eigenvalue weighted by Crippen LogP contribution is 2.60. The van der Waals surface area contributed by atoms with Crippen molar-refractivity contribution in [3.05, 3.63) is 45.1 Å². The van der Waals surface area contributed by atoms with Crippen LogP contribution in [0.15, 0.2) is 35.6 Å². The summed E-state index contributed by atoms with van der Waals surface area (Å²) in [5.41, 5.74) is -21.5. The van der Waals surface area contributed by atoms with Crippen LogP contribution in [0, 0.1) is 9.54 Å². The number of aromatic amines is 2. The zero-order chi connectivity index (χ0) is 33.8. The Balaban J connectivity index is 3.00. The molecule has 0 atom stereocenters. The van der Waals surface area contributed by atoms with E-state index in [0.29, 0.717) is 12.1 Å². The van der Waals surface area contributed by atoms with Gasteiger partial charge in [0, 0.05) is 12.7 Å². The molecule has 0 bridgehead atoms. The molecule has 2 N–H and O–H groups in total. The second-order valence-electron chi connectivity index (χ2n) is 7.98. The molecule has 0 unspecified atom stereocenters. The molecule has 43 heavy (non-hydrogen) atoms. The maximum Gasteiger partial charge on any atom is 0.439 e. The summed E-state index contributed by atoms with van der Waals surface area (Å²) in [6.45, 7) is 0. The molecule has 0 aliphatic heterocycles. The Bertz CT molecular complexity index is 1410. The second-order valence-corrected chi connectivity index (χ2v) is 8.78. The van der Waals surface area contributed by atoms with Crippen LogP contribution in [-0.2, 0) is 0 Å². The monoisotopic (exact) mass is 696 g/mol. The minimum atomic E-state index is -8.07. The molecule has 2 aromatic rings. The van der Waals surface area contributed by atoms with Crippen LogP contribution in [0.5, 0.6) is 5.75 Å². The number of anilines is 2. The van der Waals surface area contributed by atoms with Crippen LogP contribution in [0.25, 0.3) is 0 Å². The Kier molecular flexibility index (Phi) is 9.27. The van der Waals surface area contributed by atoms with E-state index < -0.39 is 59.3 Å². The molecule has 0 saturated carbocycles. The standard InChI is InChI=1S/C19H9F17N4OS2/c1-40(10-37-11(42)39-12(43)38-10)6-2-4-7(5-3-6)41-9(14(21,18(31,32)33)19(34,35)36)8(15(22,23)24)13(20,16(25,26)27)17(28,29)30/h2-5H,1H3,(H2,37,38,39,42,43)/b9-8+. The van der Waals surface area contributed by atoms with Crippen molar-refractivity contribution >= 4 is 36.1 Å². The first-order valence-electron chi connectivity index (χ1n) is 10.2. The number of hydrogen-bond acceptors (Lipinski definition) is 5. The lowest BCUT2D eigenvalue weighted by Crippen LogP contribution is -2.62. The first-order valence-corrected chi connectivity index (χ1v) is 11.0. The summed E-state index contributed by atoms with van der Waals surface area (Å²) in [7, 11) is 1.13. The van der Waals surface area contributed by atoms with Crippen molar-refractivity contribution in [1.82, 2.24) is 15.0 Å². The number of nitrogens with zero attached hydrogens (tertiary/aromatic N) is 2. The summed E-state index contributed by atoms with van der Waals surface area (Å²) in [4.78, 5) is 9.46. The van der Waals surface area contributed by atoms with Crippen LogP contribution < -0.4 is 9.64 Å². The second kappa shape index (κ2) is 11.1. The number of aromatic nitrogens is 3. The Morgan fingerprint density at radius 1 is 0.674 bits per heavy atom. The largest absolute Gasteiger partial charge is 0.457 e. The van der Waals surface area contributed by atoms with Gasteiger partial charge in [-0.05, 0) is 48.7 Å². The van der Waals surface area contributed by atoms with Crippen LogP contribution in [0.3, 0.4) is 0 Å². The number of rotatable bonds is 6. The molecule has 1 heterocycles. The molecule has 0 fully saturated rings. The van der Waals surface area contributed by atoms with Crippen LogP contribution in [0.4, 0.5) is 86.3 Å². The molecule has 1 aromatic carbocycles. The predicted molar refractivity (Wildman–Crippen MR) is 115 cm³/mol. The average Bonchev–Trinajstić information content (AvgIpc) is 2.78. The van der Waals surface area contributed by atoms with Gasteiger partial charge in [0.15, 0.2) is 10.5 Å². The Morgan fingerprint density at radius 2 is 1.09 bits per heavy atom. The van der Waals surface area contributed by atoms with Gasteiger partial charge in [-0.3, -0.25) is 0 Å². The van der Waals surface area contributed by atoms with E-state index in [9.17, 15) is 74.6 Å². The van der Waals surface area contributed by atoms with Gasteiger partial charge in [-0.25, -0.2) is 8.78 Å². The highest BCUT2D eigenvalue weighted by atomic mass is 32.1. The van der Waals surface area contributed by atoms with Crippen molar-refractivity contribution in [1.29, 1.82) is 0 Å². The van der Waals surface area contributed by atoms with Crippen LogP contribution >= 0.6 is 24.4 Å². The van der Waals surface area contributed by atoms with E-state index in [4.69, 9.17) is 24.4 Å². The molecule has 0 spiro atoms. The summed E-state index contributed by atoms with van der Waals surface area (Å²) in [5, 5.41) is 0. The molecular weight excluding hydrogens is 687 g/mol. The van der Waals surface area contributed by atoms with Crippen molar-refractivity contribution in [2.75, 3.05) is 11.9 Å². The number of benzene rings is 1. The molecule has 5 nitrogen and oxygen atoms in total. The van der Waals surface area contributed by atoms with Crippen LogP contribution in [0.2, 0.25) is 0 Å². The smallest absolute Gasteiger partial charge is 0.439 e. The summed E-state index contributed by atoms with van der Waals surface area (Å²) >= 11 is 9.53. The third-order valence-corrected chi connectivity index (χ3v) is 5.54. The highest BCUT2D eigenvalue weighted by Gasteiger charge is 2.84. The molecule has 0 aliphatic rings. The van der Waals surface area contributed by atoms with Gasteiger partial charge in [-0.1, -0.05) is 0 Å². The van der Waals surface area contributed by atoms with Crippen molar-refractivity contribution in [2.45, 2.75) is 42.2 Å². The fraction of sp³-hybridized carbons (Fsp3) is 0.421. The molecule has 0 saturated heterocycles. The fourth-order valence-corrected chi connectivity index (χ4v) is 3.60. The number of hydrogen-bond donors (Lipinski definition) is 2. The Morgan fingerprint density at radius 3 is 1.44 bits per heavy atom. The van der Waals surface area contributed by atoms with E-state index in [1.54, 1.807) is 0 Å². The van der Waals surface area contributed by atoms with Gasteiger partial charge in [0.1, 0.15) is 11.3 Å². The zero-order valence-electron chi connectivity index (χ0n) is 19.9. The van der Waals surface area contributed by atoms with Crippen molar-refractivity contribution < 1.29 is 79.4 Å². The van der Waals surface area contributed by atoms with Gasteiger partial charge in [0.2, 0.25) is 10.7 Å². The molecule has 1 aromatic heterocycles. The molecule has 0 radical (unpaired) electrons. The maximum atomic E-state index is 14.9. The number of alkyl halides is 17. The van der Waals surface area contributed by atoms with Gasteiger partial charge in [-0.15, -0.1) is 0 Å². The van der Waals surface area contributed by atoms with Gasteiger partial charge in [-0.2, -0.15) is 70.8 Å². The Labute approximate surface area is 236 Å². The third-order valence-electron chi connectivity index (χ3n) is 5.15. The van der Waals surface area contributed by atoms with E-state index in [-0.39, 0.29) is 33.3 Å². The molecule has 0 amide bonds. The van der Waals surface area contributed by atoms with E-state index in [1.807, 2.05) is 0 Å². The first-order chi connectivity index (χ1) is 19.0. The zero-order valence-corrected chi connectivity index (χ0v) is 21.5. The summed E-state index contributed by atoms with van der Waals surface area (Å²) in [6.07, 6.45) is -39.2. The van der Waals surface area contributed by atoms with Crippen LogP contribution in [-0.4, -0.2) is 64.2 Å². The van der Waals surface area contributed by atoms with Crippen molar-refractivity contribution in [2.24, 2.45) is 0 Å². The van der Waals surface area contributed by atoms with E-state index in [2.05, 4.69) is 19.7 Å². The minimum absolute atomic E-state index is 0.104. The molecule has 0 aliphatic carbocycles. The van der Waals surface area contributed by atoms with E-state index in [0.717, 1.165) is 11.9 Å². The van der Waals surface area contributed by atoms with Gasteiger partial charge in [0.25, 0.3) is 0 Å². The Hall–Kier alpha value is -3.18.